The maximum atomic E-state index is 10.0. The molecule has 0 bridgehead atoms. The minimum atomic E-state index is -0.557. The standard InChI is InChI=1S/C12H12ClNOS2/c1-8-6-16-12(14-8)17-7-11(15)9-4-2-3-5-10(9)13/h2-6,11,15H,7H2,1H3. The number of hydrogen-bond acceptors (Lipinski definition) is 4. The molecule has 0 aliphatic carbocycles. The van der Waals surface area contributed by atoms with Gasteiger partial charge in [-0.15, -0.1) is 11.3 Å². The third-order valence-corrected chi connectivity index (χ3v) is 4.79. The van der Waals surface area contributed by atoms with Gasteiger partial charge in [0.2, 0.25) is 0 Å². The molecule has 0 radical (unpaired) electrons. The van der Waals surface area contributed by atoms with Crippen LogP contribution in [0.25, 0.3) is 0 Å². The lowest BCUT2D eigenvalue weighted by molar-refractivity contribution is 0.204. The average Bonchev–Trinajstić information content (AvgIpc) is 2.73. The fraction of sp³-hybridized carbons (Fsp3) is 0.250. The Balaban J connectivity index is 1.98. The molecule has 0 amide bonds. The van der Waals surface area contributed by atoms with Crippen LogP contribution in [-0.2, 0) is 0 Å². The van der Waals surface area contributed by atoms with E-state index in [1.807, 2.05) is 30.5 Å². The molecule has 2 aromatic rings. The number of aromatic nitrogens is 1. The van der Waals surface area contributed by atoms with Crippen LogP contribution in [0.2, 0.25) is 5.02 Å². The molecular weight excluding hydrogens is 274 g/mol. The summed E-state index contributed by atoms with van der Waals surface area (Å²) >= 11 is 9.17. The molecule has 0 spiro atoms. The van der Waals surface area contributed by atoms with Crippen LogP contribution in [0.1, 0.15) is 17.4 Å². The maximum absolute atomic E-state index is 10.0. The highest BCUT2D eigenvalue weighted by molar-refractivity contribution is 8.01. The first-order valence-electron chi connectivity index (χ1n) is 5.14. The molecule has 5 heteroatoms. The van der Waals surface area contributed by atoms with Crippen LogP contribution < -0.4 is 0 Å². The van der Waals surface area contributed by atoms with Gasteiger partial charge in [0.25, 0.3) is 0 Å². The summed E-state index contributed by atoms with van der Waals surface area (Å²) in [7, 11) is 0. The van der Waals surface area contributed by atoms with Crippen molar-refractivity contribution in [3.05, 3.63) is 45.9 Å². The molecule has 17 heavy (non-hydrogen) atoms. The predicted molar refractivity (Wildman–Crippen MR) is 74.0 cm³/mol. The zero-order chi connectivity index (χ0) is 12.3. The van der Waals surface area contributed by atoms with Crippen molar-refractivity contribution in [1.29, 1.82) is 0 Å². The molecule has 1 unspecified atom stereocenters. The van der Waals surface area contributed by atoms with Crippen molar-refractivity contribution in [3.63, 3.8) is 0 Å². The Bertz CT molecular complexity index is 501. The molecule has 1 N–H and O–H groups in total. The fourth-order valence-electron chi connectivity index (χ4n) is 1.38. The summed E-state index contributed by atoms with van der Waals surface area (Å²) in [5.74, 6) is 0.566. The van der Waals surface area contributed by atoms with E-state index < -0.39 is 6.10 Å². The van der Waals surface area contributed by atoms with Crippen LogP contribution in [0.5, 0.6) is 0 Å². The van der Waals surface area contributed by atoms with Crippen LogP contribution in [0, 0.1) is 6.92 Å². The molecule has 1 atom stereocenters. The molecule has 90 valence electrons. The molecular formula is C12H12ClNOS2. The smallest absolute Gasteiger partial charge is 0.150 e. The van der Waals surface area contributed by atoms with Crippen LogP contribution in [0.3, 0.4) is 0 Å². The van der Waals surface area contributed by atoms with Crippen molar-refractivity contribution in [1.82, 2.24) is 4.98 Å². The number of nitrogens with zero attached hydrogens (tertiary/aromatic N) is 1. The number of benzene rings is 1. The van der Waals surface area contributed by atoms with Gasteiger partial charge in [0.15, 0.2) is 0 Å². The summed E-state index contributed by atoms with van der Waals surface area (Å²) in [5.41, 5.74) is 1.79. The number of rotatable bonds is 4. The molecule has 0 aliphatic heterocycles. The average molecular weight is 286 g/mol. The Labute approximate surface area is 114 Å². The van der Waals surface area contributed by atoms with Crippen molar-refractivity contribution in [2.24, 2.45) is 0 Å². The second-order valence-corrected chi connectivity index (χ2v) is 6.14. The van der Waals surface area contributed by atoms with E-state index in [9.17, 15) is 5.11 Å². The molecule has 0 saturated carbocycles. The lowest BCUT2D eigenvalue weighted by Crippen LogP contribution is -2.01. The van der Waals surface area contributed by atoms with E-state index in [4.69, 9.17) is 11.6 Å². The highest BCUT2D eigenvalue weighted by atomic mass is 35.5. The minimum absolute atomic E-state index is 0.557. The van der Waals surface area contributed by atoms with Gasteiger partial charge in [-0.25, -0.2) is 4.98 Å². The highest BCUT2D eigenvalue weighted by Gasteiger charge is 2.12. The Morgan fingerprint density at radius 2 is 2.24 bits per heavy atom. The summed E-state index contributed by atoms with van der Waals surface area (Å²) in [6.45, 7) is 1.96. The molecule has 1 heterocycles. The summed E-state index contributed by atoms with van der Waals surface area (Å²) in [4.78, 5) is 4.34. The number of aryl methyl sites for hydroxylation is 1. The summed E-state index contributed by atoms with van der Waals surface area (Å²) in [5, 5.41) is 12.7. The van der Waals surface area contributed by atoms with Crippen LogP contribution in [-0.4, -0.2) is 15.8 Å². The van der Waals surface area contributed by atoms with E-state index in [0.717, 1.165) is 15.6 Å². The third kappa shape index (κ3) is 3.45. The molecule has 1 aromatic carbocycles. The van der Waals surface area contributed by atoms with Gasteiger partial charge in [-0.3, -0.25) is 0 Å². The Kier molecular flexibility index (Phi) is 4.45. The van der Waals surface area contributed by atoms with Crippen molar-refractivity contribution < 1.29 is 5.11 Å². The SMILES string of the molecule is Cc1csc(SCC(O)c2ccccc2Cl)n1. The topological polar surface area (TPSA) is 33.1 Å². The Hall–Kier alpha value is -0.550. The van der Waals surface area contributed by atoms with Crippen molar-refractivity contribution in [2.45, 2.75) is 17.4 Å². The molecule has 2 nitrogen and oxygen atoms in total. The Morgan fingerprint density at radius 1 is 1.47 bits per heavy atom. The second kappa shape index (κ2) is 5.87. The van der Waals surface area contributed by atoms with Crippen LogP contribution in [0.4, 0.5) is 0 Å². The summed E-state index contributed by atoms with van der Waals surface area (Å²) < 4.78 is 0.980. The van der Waals surface area contributed by atoms with E-state index in [1.165, 1.54) is 0 Å². The first-order valence-corrected chi connectivity index (χ1v) is 7.38. The number of thioether (sulfide) groups is 1. The number of halogens is 1. The number of hydrogen-bond donors (Lipinski definition) is 1. The molecule has 0 saturated heterocycles. The van der Waals surface area contributed by atoms with Gasteiger partial charge in [0, 0.05) is 21.8 Å². The molecule has 1 aromatic heterocycles. The first kappa shape index (κ1) is 12.9. The van der Waals surface area contributed by atoms with Crippen molar-refractivity contribution in [3.8, 4) is 0 Å². The van der Waals surface area contributed by atoms with E-state index in [-0.39, 0.29) is 0 Å². The Morgan fingerprint density at radius 3 is 2.88 bits per heavy atom. The number of thiazole rings is 1. The van der Waals surface area contributed by atoms with Gasteiger partial charge in [0.1, 0.15) is 4.34 Å². The number of aliphatic hydroxyl groups excluding tert-OH is 1. The first-order chi connectivity index (χ1) is 8.16. The van der Waals surface area contributed by atoms with Gasteiger partial charge < -0.3 is 5.11 Å². The van der Waals surface area contributed by atoms with E-state index >= 15 is 0 Å². The van der Waals surface area contributed by atoms with E-state index in [0.29, 0.717) is 10.8 Å². The van der Waals surface area contributed by atoms with Gasteiger partial charge in [0.05, 0.1) is 6.10 Å². The maximum Gasteiger partial charge on any atom is 0.150 e. The minimum Gasteiger partial charge on any atom is -0.387 e. The summed E-state index contributed by atoms with van der Waals surface area (Å²) in [6.07, 6.45) is -0.557. The lowest BCUT2D eigenvalue weighted by Gasteiger charge is -2.10. The van der Waals surface area contributed by atoms with Crippen molar-refractivity contribution >= 4 is 34.7 Å². The number of aliphatic hydroxyl groups is 1. The predicted octanol–water partition coefficient (Wildman–Crippen LogP) is 3.93. The highest BCUT2D eigenvalue weighted by Crippen LogP contribution is 2.29. The summed E-state index contributed by atoms with van der Waals surface area (Å²) in [6, 6.07) is 7.37. The molecule has 0 aliphatic rings. The van der Waals surface area contributed by atoms with Gasteiger partial charge in [-0.2, -0.15) is 0 Å². The third-order valence-electron chi connectivity index (χ3n) is 2.23. The lowest BCUT2D eigenvalue weighted by atomic mass is 10.1. The molecule has 2 rings (SSSR count). The molecule has 0 fully saturated rings. The van der Waals surface area contributed by atoms with Gasteiger partial charge >= 0.3 is 0 Å². The van der Waals surface area contributed by atoms with Gasteiger partial charge in [-0.05, 0) is 18.6 Å². The quantitative estimate of drug-likeness (QED) is 0.864. The largest absolute Gasteiger partial charge is 0.387 e. The van der Waals surface area contributed by atoms with Crippen molar-refractivity contribution in [2.75, 3.05) is 5.75 Å². The van der Waals surface area contributed by atoms with E-state index in [1.54, 1.807) is 29.2 Å². The zero-order valence-electron chi connectivity index (χ0n) is 9.26. The van der Waals surface area contributed by atoms with Gasteiger partial charge in [-0.1, -0.05) is 41.6 Å². The van der Waals surface area contributed by atoms with E-state index in [2.05, 4.69) is 4.98 Å². The normalized spacial score (nSPS) is 12.6. The fourth-order valence-corrected chi connectivity index (χ4v) is 3.48. The second-order valence-electron chi connectivity index (χ2n) is 3.60. The van der Waals surface area contributed by atoms with Crippen LogP contribution >= 0.6 is 34.7 Å². The zero-order valence-corrected chi connectivity index (χ0v) is 11.6. The van der Waals surface area contributed by atoms with Crippen LogP contribution in [0.15, 0.2) is 34.0 Å². The monoisotopic (exact) mass is 285 g/mol.